The van der Waals surface area contributed by atoms with Crippen molar-refractivity contribution < 1.29 is 14.3 Å². The Bertz CT molecular complexity index is 1440. The third-order valence-electron chi connectivity index (χ3n) is 5.18. The fraction of sp³-hybridized carbons (Fsp3) is 0.0714. The minimum Gasteiger partial charge on any atom is -0.489 e. The predicted molar refractivity (Wildman–Crippen MR) is 150 cm³/mol. The standard InChI is InChI=1S/C28H20Cl4N2O3/c29-21-10-8-19(25(31)13-21)16-36-23-5-3-4-18(12-23)15-33-34-28(35)24-6-1-2-7-27(24)37-17-20-9-11-22(30)14-26(20)32/h1-15H,16-17H2,(H,34,35)/b33-15+. The predicted octanol–water partition coefficient (Wildman–Crippen LogP) is 8.22. The number of nitrogens with zero attached hydrogens (tertiary/aromatic N) is 1. The minimum atomic E-state index is -0.418. The van der Waals surface area contributed by atoms with E-state index in [0.717, 1.165) is 16.7 Å². The van der Waals surface area contributed by atoms with Gasteiger partial charge in [-0.2, -0.15) is 5.10 Å². The Labute approximate surface area is 234 Å². The fourth-order valence-electron chi connectivity index (χ4n) is 3.28. The molecule has 4 aromatic rings. The summed E-state index contributed by atoms with van der Waals surface area (Å²) in [6.07, 6.45) is 1.52. The van der Waals surface area contributed by atoms with Crippen molar-refractivity contribution in [1.82, 2.24) is 5.43 Å². The fourth-order valence-corrected chi connectivity index (χ4v) is 4.21. The lowest BCUT2D eigenvalue weighted by molar-refractivity contribution is 0.0950. The van der Waals surface area contributed by atoms with Gasteiger partial charge in [0, 0.05) is 31.2 Å². The molecule has 0 fully saturated rings. The molecule has 9 heteroatoms. The molecule has 1 amide bonds. The second kappa shape index (κ2) is 12.8. The van der Waals surface area contributed by atoms with E-state index in [2.05, 4.69) is 10.5 Å². The monoisotopic (exact) mass is 572 g/mol. The van der Waals surface area contributed by atoms with Gasteiger partial charge in [-0.05, 0) is 54.1 Å². The summed E-state index contributed by atoms with van der Waals surface area (Å²) in [6.45, 7) is 0.461. The number of benzene rings is 4. The number of hydrogen-bond donors (Lipinski definition) is 1. The van der Waals surface area contributed by atoms with Crippen molar-refractivity contribution in [2.75, 3.05) is 0 Å². The Balaban J connectivity index is 1.36. The van der Waals surface area contributed by atoms with Crippen LogP contribution < -0.4 is 14.9 Å². The topological polar surface area (TPSA) is 59.9 Å². The van der Waals surface area contributed by atoms with Crippen molar-refractivity contribution in [3.05, 3.63) is 127 Å². The van der Waals surface area contributed by atoms with Crippen molar-refractivity contribution in [3.8, 4) is 11.5 Å². The highest BCUT2D eigenvalue weighted by Gasteiger charge is 2.12. The number of hydrogen-bond acceptors (Lipinski definition) is 4. The van der Waals surface area contributed by atoms with Crippen LogP contribution in [-0.4, -0.2) is 12.1 Å². The molecule has 0 aliphatic rings. The zero-order chi connectivity index (χ0) is 26.2. The van der Waals surface area contributed by atoms with Crippen molar-refractivity contribution in [2.45, 2.75) is 13.2 Å². The molecule has 0 bridgehead atoms. The van der Waals surface area contributed by atoms with E-state index >= 15 is 0 Å². The summed E-state index contributed by atoms with van der Waals surface area (Å²) in [7, 11) is 0. The van der Waals surface area contributed by atoms with Gasteiger partial charge in [-0.15, -0.1) is 0 Å². The van der Waals surface area contributed by atoms with E-state index in [4.69, 9.17) is 55.9 Å². The largest absolute Gasteiger partial charge is 0.489 e. The summed E-state index contributed by atoms with van der Waals surface area (Å²) in [4.78, 5) is 12.8. The van der Waals surface area contributed by atoms with Crippen LogP contribution in [0.3, 0.4) is 0 Å². The van der Waals surface area contributed by atoms with Crippen molar-refractivity contribution >= 4 is 58.5 Å². The van der Waals surface area contributed by atoms with Crippen LogP contribution in [0, 0.1) is 0 Å². The van der Waals surface area contributed by atoms with Crippen molar-refractivity contribution in [3.63, 3.8) is 0 Å². The van der Waals surface area contributed by atoms with E-state index in [1.807, 2.05) is 24.3 Å². The Morgan fingerprint density at radius 3 is 2.08 bits per heavy atom. The van der Waals surface area contributed by atoms with E-state index in [1.165, 1.54) is 6.21 Å². The molecule has 0 aliphatic carbocycles. The normalized spacial score (nSPS) is 10.9. The number of nitrogens with one attached hydrogen (secondary N) is 1. The number of carbonyl (C=O) groups is 1. The van der Waals surface area contributed by atoms with E-state index in [0.29, 0.717) is 37.2 Å². The highest BCUT2D eigenvalue weighted by atomic mass is 35.5. The average Bonchev–Trinajstić information content (AvgIpc) is 2.88. The molecule has 0 atom stereocenters. The number of rotatable bonds is 9. The molecule has 4 rings (SSSR count). The van der Waals surface area contributed by atoms with Crippen LogP contribution >= 0.6 is 46.4 Å². The first-order valence-electron chi connectivity index (χ1n) is 11.0. The van der Waals surface area contributed by atoms with Gasteiger partial charge < -0.3 is 9.47 Å². The SMILES string of the molecule is O=C(N/N=C/c1cccc(OCc2ccc(Cl)cc2Cl)c1)c1ccccc1OCc1ccc(Cl)cc1Cl. The van der Waals surface area contributed by atoms with Crippen LogP contribution in [0.15, 0.2) is 90.0 Å². The lowest BCUT2D eigenvalue weighted by Gasteiger charge is -2.11. The van der Waals surface area contributed by atoms with Crippen LogP contribution in [0.25, 0.3) is 0 Å². The summed E-state index contributed by atoms with van der Waals surface area (Å²) in [5.74, 6) is 0.609. The van der Waals surface area contributed by atoms with E-state index in [-0.39, 0.29) is 13.2 Å². The second-order valence-electron chi connectivity index (χ2n) is 7.82. The van der Waals surface area contributed by atoms with Gasteiger partial charge in [-0.3, -0.25) is 4.79 Å². The number of ether oxygens (including phenoxy) is 2. The van der Waals surface area contributed by atoms with Crippen LogP contribution in [-0.2, 0) is 13.2 Å². The van der Waals surface area contributed by atoms with E-state index < -0.39 is 5.91 Å². The van der Waals surface area contributed by atoms with E-state index in [1.54, 1.807) is 60.7 Å². The van der Waals surface area contributed by atoms with Crippen LogP contribution in [0.1, 0.15) is 27.0 Å². The molecular formula is C28H20Cl4N2O3. The molecule has 0 radical (unpaired) electrons. The molecule has 0 unspecified atom stereocenters. The summed E-state index contributed by atoms with van der Waals surface area (Å²) < 4.78 is 11.7. The zero-order valence-electron chi connectivity index (χ0n) is 19.3. The first-order valence-corrected chi connectivity index (χ1v) is 12.6. The van der Waals surface area contributed by atoms with Gasteiger partial charge >= 0.3 is 0 Å². The first kappa shape index (κ1) is 26.8. The molecule has 37 heavy (non-hydrogen) atoms. The maximum absolute atomic E-state index is 12.8. The molecule has 0 spiro atoms. The quantitative estimate of drug-likeness (QED) is 0.162. The molecule has 5 nitrogen and oxygen atoms in total. The molecule has 0 heterocycles. The second-order valence-corrected chi connectivity index (χ2v) is 9.50. The van der Waals surface area contributed by atoms with Gasteiger partial charge in [0.05, 0.1) is 11.8 Å². The maximum atomic E-state index is 12.8. The van der Waals surface area contributed by atoms with Gasteiger partial charge in [0.1, 0.15) is 24.7 Å². The highest BCUT2D eigenvalue weighted by Crippen LogP contribution is 2.25. The van der Waals surface area contributed by atoms with Crippen LogP contribution in [0.2, 0.25) is 20.1 Å². The molecule has 0 aliphatic heterocycles. The van der Waals surface area contributed by atoms with E-state index in [9.17, 15) is 4.79 Å². The van der Waals surface area contributed by atoms with Crippen LogP contribution in [0.5, 0.6) is 11.5 Å². The molecular weight excluding hydrogens is 554 g/mol. The Kier molecular flexibility index (Phi) is 9.31. The summed E-state index contributed by atoms with van der Waals surface area (Å²) in [6, 6.07) is 24.6. The average molecular weight is 574 g/mol. The number of para-hydroxylation sites is 1. The van der Waals surface area contributed by atoms with Crippen molar-refractivity contribution in [1.29, 1.82) is 0 Å². The number of amides is 1. The lowest BCUT2D eigenvalue weighted by Crippen LogP contribution is -2.18. The summed E-state index contributed by atoms with van der Waals surface area (Å²) >= 11 is 24.3. The molecule has 4 aromatic carbocycles. The number of carbonyl (C=O) groups excluding carboxylic acids is 1. The number of halogens is 4. The molecule has 0 aromatic heterocycles. The third kappa shape index (κ3) is 7.63. The summed E-state index contributed by atoms with van der Waals surface area (Å²) in [5, 5.41) is 6.20. The molecule has 188 valence electrons. The molecule has 0 saturated carbocycles. The lowest BCUT2D eigenvalue weighted by atomic mass is 10.2. The van der Waals surface area contributed by atoms with Gasteiger partial charge in [-0.1, -0.05) is 82.8 Å². The highest BCUT2D eigenvalue weighted by molar-refractivity contribution is 6.35. The van der Waals surface area contributed by atoms with Crippen molar-refractivity contribution in [2.24, 2.45) is 5.10 Å². The van der Waals surface area contributed by atoms with Crippen LogP contribution in [0.4, 0.5) is 0 Å². The maximum Gasteiger partial charge on any atom is 0.275 e. The first-order chi connectivity index (χ1) is 17.9. The minimum absolute atomic E-state index is 0.178. The number of hydrazone groups is 1. The zero-order valence-corrected chi connectivity index (χ0v) is 22.3. The smallest absolute Gasteiger partial charge is 0.275 e. The van der Waals surface area contributed by atoms with Gasteiger partial charge in [0.15, 0.2) is 0 Å². The van der Waals surface area contributed by atoms with Gasteiger partial charge in [-0.25, -0.2) is 5.43 Å². The Hall–Kier alpha value is -3.22. The molecule has 0 saturated heterocycles. The summed E-state index contributed by atoms with van der Waals surface area (Å²) in [5.41, 5.74) is 5.17. The van der Waals surface area contributed by atoms with Gasteiger partial charge in [0.25, 0.3) is 5.91 Å². The van der Waals surface area contributed by atoms with Gasteiger partial charge in [0.2, 0.25) is 0 Å². The Morgan fingerprint density at radius 2 is 1.41 bits per heavy atom. The third-order valence-corrected chi connectivity index (χ3v) is 6.35. The molecule has 1 N–H and O–H groups in total. The Morgan fingerprint density at radius 1 is 0.757 bits per heavy atom.